The lowest BCUT2D eigenvalue weighted by Gasteiger charge is -2.20. The third-order valence-corrected chi connectivity index (χ3v) is 4.61. The monoisotopic (exact) mass is 315 g/mol. The highest BCUT2D eigenvalue weighted by atomic mass is 32.1. The number of hydrogen-bond acceptors (Lipinski definition) is 5. The van der Waals surface area contributed by atoms with Crippen LogP contribution in [0, 0.1) is 0 Å². The first-order chi connectivity index (χ1) is 10.6. The Balaban J connectivity index is 1.65. The van der Waals surface area contributed by atoms with Gasteiger partial charge in [-0.15, -0.1) is 21.5 Å². The molecule has 2 heterocycles. The predicted octanol–water partition coefficient (Wildman–Crippen LogP) is 2.51. The number of hydrogen-bond donors (Lipinski definition) is 2. The maximum absolute atomic E-state index is 12.4. The number of benzene rings is 1. The zero-order valence-corrected chi connectivity index (χ0v) is 13.3. The first-order valence-electron chi connectivity index (χ1n) is 7.06. The Morgan fingerprint density at radius 1 is 1.36 bits per heavy atom. The Kier molecular flexibility index (Phi) is 3.89. The van der Waals surface area contributed by atoms with Crippen LogP contribution < -0.4 is 5.32 Å². The molecule has 2 N–H and O–H groups in total. The Morgan fingerprint density at radius 3 is 3.00 bits per heavy atom. The zero-order valence-electron chi connectivity index (χ0n) is 12.5. The van der Waals surface area contributed by atoms with Gasteiger partial charge >= 0.3 is 0 Å². The van der Waals surface area contributed by atoms with E-state index in [9.17, 15) is 4.79 Å². The molecule has 0 atom stereocenters. The van der Waals surface area contributed by atoms with Crippen LogP contribution in [0.5, 0.6) is 0 Å². The molecule has 0 aliphatic rings. The van der Waals surface area contributed by atoms with Crippen LogP contribution in [0.25, 0.3) is 10.1 Å². The van der Waals surface area contributed by atoms with Gasteiger partial charge in [0.2, 0.25) is 0 Å². The van der Waals surface area contributed by atoms with Crippen molar-refractivity contribution in [3.05, 3.63) is 41.0 Å². The van der Waals surface area contributed by atoms with E-state index in [1.54, 1.807) is 11.3 Å². The van der Waals surface area contributed by atoms with E-state index >= 15 is 0 Å². The van der Waals surface area contributed by atoms with Crippen molar-refractivity contribution in [1.82, 2.24) is 25.9 Å². The van der Waals surface area contributed by atoms with Crippen molar-refractivity contribution in [3.8, 4) is 0 Å². The fourth-order valence-corrected chi connectivity index (χ4v) is 3.15. The lowest BCUT2D eigenvalue weighted by molar-refractivity contribution is 0.0952. The number of aromatic amines is 1. The molecule has 1 amide bonds. The topological polar surface area (TPSA) is 83.6 Å². The summed E-state index contributed by atoms with van der Waals surface area (Å²) in [6.45, 7) is 4.62. The van der Waals surface area contributed by atoms with Gasteiger partial charge in [0.15, 0.2) is 5.82 Å². The molecule has 2 aromatic heterocycles. The minimum Gasteiger partial charge on any atom is -0.352 e. The lowest BCUT2D eigenvalue weighted by atomic mass is 9.88. The Hall–Kier alpha value is -2.28. The molecule has 0 unspecified atom stereocenters. The van der Waals surface area contributed by atoms with Crippen molar-refractivity contribution >= 4 is 27.3 Å². The van der Waals surface area contributed by atoms with E-state index in [1.165, 1.54) is 0 Å². The van der Waals surface area contributed by atoms with E-state index in [1.807, 2.05) is 43.5 Å². The van der Waals surface area contributed by atoms with Gasteiger partial charge in [0, 0.05) is 27.6 Å². The molecule has 0 aliphatic carbocycles. The van der Waals surface area contributed by atoms with Crippen molar-refractivity contribution in [2.75, 3.05) is 6.54 Å². The standard InChI is InChI=1S/C15H17N5OS/c1-15(2,14-17-19-20-18-14)7-8-16-13(21)11-4-3-5-12-10(11)6-9-22-12/h3-6,9H,7-8H2,1-2H3,(H,16,21)(H,17,18,19,20). The summed E-state index contributed by atoms with van der Waals surface area (Å²) in [5.74, 6) is 0.606. The Morgan fingerprint density at radius 2 is 2.23 bits per heavy atom. The van der Waals surface area contributed by atoms with Gasteiger partial charge in [-0.1, -0.05) is 25.1 Å². The SMILES string of the molecule is CC(C)(CCNC(=O)c1cccc2sccc12)c1nn[nH]n1. The summed E-state index contributed by atoms with van der Waals surface area (Å²) >= 11 is 1.64. The predicted molar refractivity (Wildman–Crippen MR) is 86.0 cm³/mol. The highest BCUT2D eigenvalue weighted by molar-refractivity contribution is 7.17. The van der Waals surface area contributed by atoms with Gasteiger partial charge in [0.25, 0.3) is 5.91 Å². The van der Waals surface area contributed by atoms with Crippen LogP contribution >= 0.6 is 11.3 Å². The Labute approximate surface area is 131 Å². The number of tetrazole rings is 1. The van der Waals surface area contributed by atoms with E-state index in [4.69, 9.17) is 0 Å². The summed E-state index contributed by atoms with van der Waals surface area (Å²) in [7, 11) is 0. The number of H-pyrrole nitrogens is 1. The number of rotatable bonds is 5. The van der Waals surface area contributed by atoms with E-state index in [0.717, 1.165) is 22.1 Å². The molecule has 0 bridgehead atoms. The van der Waals surface area contributed by atoms with Gasteiger partial charge in [-0.2, -0.15) is 5.21 Å². The molecule has 0 fully saturated rings. The highest BCUT2D eigenvalue weighted by Gasteiger charge is 2.25. The van der Waals surface area contributed by atoms with Crippen LogP contribution in [-0.2, 0) is 5.41 Å². The molecule has 1 aromatic carbocycles. The van der Waals surface area contributed by atoms with Gasteiger partial charge < -0.3 is 5.32 Å². The molecule has 114 valence electrons. The third-order valence-electron chi connectivity index (χ3n) is 3.73. The first-order valence-corrected chi connectivity index (χ1v) is 7.94. The molecule has 3 aromatic rings. The smallest absolute Gasteiger partial charge is 0.251 e. The molecule has 0 saturated carbocycles. The molecule has 6 nitrogen and oxygen atoms in total. The maximum atomic E-state index is 12.4. The van der Waals surface area contributed by atoms with E-state index in [0.29, 0.717) is 12.4 Å². The second-order valence-corrected chi connectivity index (χ2v) is 6.71. The van der Waals surface area contributed by atoms with E-state index in [2.05, 4.69) is 25.9 Å². The largest absolute Gasteiger partial charge is 0.352 e. The van der Waals surface area contributed by atoms with E-state index in [-0.39, 0.29) is 11.3 Å². The average molecular weight is 315 g/mol. The molecule has 0 saturated heterocycles. The van der Waals surface area contributed by atoms with Crippen LogP contribution in [0.1, 0.15) is 36.5 Å². The number of amides is 1. The molecular weight excluding hydrogens is 298 g/mol. The molecule has 3 rings (SSSR count). The number of nitrogens with zero attached hydrogens (tertiary/aromatic N) is 3. The van der Waals surface area contributed by atoms with E-state index < -0.39 is 0 Å². The molecule has 0 radical (unpaired) electrons. The quantitative estimate of drug-likeness (QED) is 0.758. The minimum absolute atomic E-state index is 0.0482. The summed E-state index contributed by atoms with van der Waals surface area (Å²) in [5.41, 5.74) is 0.477. The van der Waals surface area contributed by atoms with Crippen LogP contribution in [-0.4, -0.2) is 33.1 Å². The summed E-state index contributed by atoms with van der Waals surface area (Å²) in [4.78, 5) is 12.4. The highest BCUT2D eigenvalue weighted by Crippen LogP contribution is 2.25. The molecule has 0 aliphatic heterocycles. The lowest BCUT2D eigenvalue weighted by Crippen LogP contribution is -2.30. The first kappa shape index (κ1) is 14.6. The average Bonchev–Trinajstić information content (AvgIpc) is 3.17. The number of carbonyl (C=O) groups excluding carboxylic acids is 1. The summed E-state index contributed by atoms with van der Waals surface area (Å²) in [6, 6.07) is 7.78. The van der Waals surface area contributed by atoms with Crippen molar-refractivity contribution in [1.29, 1.82) is 0 Å². The fourth-order valence-electron chi connectivity index (χ4n) is 2.34. The maximum Gasteiger partial charge on any atom is 0.251 e. The number of thiophene rings is 1. The molecule has 0 spiro atoms. The normalized spacial score (nSPS) is 11.7. The van der Waals surface area contributed by atoms with Crippen molar-refractivity contribution in [3.63, 3.8) is 0 Å². The number of carbonyl (C=O) groups is 1. The Bertz CT molecular complexity index is 778. The fraction of sp³-hybridized carbons (Fsp3) is 0.333. The minimum atomic E-state index is -0.241. The summed E-state index contributed by atoms with van der Waals surface area (Å²) < 4.78 is 1.12. The van der Waals surface area contributed by atoms with Crippen LogP contribution in [0.2, 0.25) is 0 Å². The number of fused-ring (bicyclic) bond motifs is 1. The zero-order chi connectivity index (χ0) is 15.6. The van der Waals surface area contributed by atoms with Crippen molar-refractivity contribution in [2.24, 2.45) is 0 Å². The van der Waals surface area contributed by atoms with Crippen molar-refractivity contribution in [2.45, 2.75) is 25.7 Å². The summed E-state index contributed by atoms with van der Waals surface area (Å²) in [5, 5.41) is 20.1. The molecular formula is C15H17N5OS. The summed E-state index contributed by atoms with van der Waals surface area (Å²) in [6.07, 6.45) is 0.734. The number of aromatic nitrogens is 4. The third kappa shape index (κ3) is 2.85. The van der Waals surface area contributed by atoms with Crippen LogP contribution in [0.4, 0.5) is 0 Å². The van der Waals surface area contributed by atoms with Gasteiger partial charge in [-0.3, -0.25) is 4.79 Å². The van der Waals surface area contributed by atoms with Gasteiger partial charge in [0.1, 0.15) is 0 Å². The van der Waals surface area contributed by atoms with Crippen molar-refractivity contribution < 1.29 is 4.79 Å². The second-order valence-electron chi connectivity index (χ2n) is 5.76. The molecule has 7 heteroatoms. The number of nitrogens with one attached hydrogen (secondary N) is 2. The van der Waals surface area contributed by atoms with Crippen LogP contribution in [0.3, 0.4) is 0 Å². The van der Waals surface area contributed by atoms with Gasteiger partial charge in [0.05, 0.1) is 0 Å². The molecule has 22 heavy (non-hydrogen) atoms. The van der Waals surface area contributed by atoms with Crippen LogP contribution in [0.15, 0.2) is 29.6 Å². The second kappa shape index (κ2) is 5.84. The van der Waals surface area contributed by atoms with Gasteiger partial charge in [-0.05, 0) is 30.0 Å². The van der Waals surface area contributed by atoms with Gasteiger partial charge in [-0.25, -0.2) is 0 Å².